The highest BCUT2D eigenvalue weighted by atomic mass is 32.2. The molecule has 0 aliphatic heterocycles. The van der Waals surface area contributed by atoms with Gasteiger partial charge in [-0.05, 0) is 30.2 Å². The van der Waals surface area contributed by atoms with E-state index in [9.17, 15) is 8.42 Å². The molecule has 0 heterocycles. The summed E-state index contributed by atoms with van der Waals surface area (Å²) in [5.74, 6) is 0.139. The molecule has 2 rings (SSSR count). The molecule has 1 aliphatic rings. The predicted octanol–water partition coefficient (Wildman–Crippen LogP) is 1.48. The fourth-order valence-electron chi connectivity index (χ4n) is 2.63. The summed E-state index contributed by atoms with van der Waals surface area (Å²) in [4.78, 5) is 0. The molecule has 2 N–H and O–H groups in total. The van der Waals surface area contributed by atoms with Crippen molar-refractivity contribution in [1.29, 1.82) is 0 Å². The zero-order chi connectivity index (χ0) is 14.6. The lowest BCUT2D eigenvalue weighted by Gasteiger charge is -2.38. The summed E-state index contributed by atoms with van der Waals surface area (Å²) in [5.41, 5.74) is 1.11. The minimum atomic E-state index is -4.15. The molecule has 1 saturated carbocycles. The molecule has 112 valence electrons. The van der Waals surface area contributed by atoms with Crippen molar-refractivity contribution in [3.05, 3.63) is 35.9 Å². The van der Waals surface area contributed by atoms with Gasteiger partial charge >= 0.3 is 0 Å². The fourth-order valence-corrected chi connectivity index (χ4v) is 3.53. The largest absolute Gasteiger partial charge is 0.395 e. The molecule has 20 heavy (non-hydrogen) atoms. The van der Waals surface area contributed by atoms with Gasteiger partial charge < -0.3 is 9.84 Å². The van der Waals surface area contributed by atoms with Gasteiger partial charge in [-0.15, -0.1) is 0 Å². The number of benzene rings is 1. The van der Waals surface area contributed by atoms with Gasteiger partial charge in [-0.2, -0.15) is 8.42 Å². The Bertz CT molecular complexity index is 508. The molecule has 1 fully saturated rings. The molecule has 1 unspecified atom stereocenters. The van der Waals surface area contributed by atoms with E-state index >= 15 is 0 Å². The van der Waals surface area contributed by atoms with Gasteiger partial charge in [0.1, 0.15) is 5.25 Å². The van der Waals surface area contributed by atoms with Gasteiger partial charge in [0.2, 0.25) is 0 Å². The van der Waals surface area contributed by atoms with Gasteiger partial charge in [0.25, 0.3) is 10.1 Å². The maximum atomic E-state index is 11.1. The summed E-state index contributed by atoms with van der Waals surface area (Å²) in [5, 5.41) is 7.99. The van der Waals surface area contributed by atoms with Crippen LogP contribution in [-0.4, -0.2) is 36.5 Å². The molecule has 0 amide bonds. The average Bonchev–Trinajstić information content (AvgIpc) is 2.35. The zero-order valence-electron chi connectivity index (χ0n) is 11.2. The molecule has 6 heteroatoms. The van der Waals surface area contributed by atoms with Crippen LogP contribution in [0.25, 0.3) is 0 Å². The Balaban J connectivity index is 1.69. The standard InChI is InChI=1S/C14H20O5S/c15-8-14(20(16,17)18)13-6-12(7-13)10-19-9-11-4-2-1-3-5-11/h1-5,12-15H,6-10H2,(H,16,17,18). The SMILES string of the molecule is O=S(=O)(O)C(CO)C1CC(COCc2ccccc2)C1. The lowest BCUT2D eigenvalue weighted by Crippen LogP contribution is -2.42. The van der Waals surface area contributed by atoms with Gasteiger partial charge in [0.05, 0.1) is 13.2 Å². The highest BCUT2D eigenvalue weighted by Gasteiger charge is 2.40. The first kappa shape index (κ1) is 15.4. The molecule has 0 radical (unpaired) electrons. The summed E-state index contributed by atoms with van der Waals surface area (Å²) >= 11 is 0. The van der Waals surface area contributed by atoms with Gasteiger partial charge in [0, 0.05) is 6.61 Å². The highest BCUT2D eigenvalue weighted by Crippen LogP contribution is 2.38. The van der Waals surface area contributed by atoms with E-state index in [4.69, 9.17) is 14.4 Å². The van der Waals surface area contributed by atoms with Crippen LogP contribution >= 0.6 is 0 Å². The topological polar surface area (TPSA) is 83.8 Å². The van der Waals surface area contributed by atoms with E-state index in [1.165, 1.54) is 0 Å². The van der Waals surface area contributed by atoms with Crippen LogP contribution in [0.5, 0.6) is 0 Å². The van der Waals surface area contributed by atoms with E-state index in [-0.39, 0.29) is 5.92 Å². The zero-order valence-corrected chi connectivity index (χ0v) is 12.0. The molecule has 1 atom stereocenters. The minimum absolute atomic E-state index is 0.166. The Kier molecular flexibility index (Phi) is 5.15. The van der Waals surface area contributed by atoms with E-state index in [0.29, 0.717) is 32.0 Å². The van der Waals surface area contributed by atoms with Crippen LogP contribution in [0.1, 0.15) is 18.4 Å². The van der Waals surface area contributed by atoms with Gasteiger partial charge in [-0.3, -0.25) is 4.55 Å². The summed E-state index contributed by atoms with van der Waals surface area (Å²) in [7, 11) is -4.15. The molecule has 0 aromatic heterocycles. The van der Waals surface area contributed by atoms with Gasteiger partial charge in [-0.1, -0.05) is 30.3 Å². The van der Waals surface area contributed by atoms with Crippen molar-refractivity contribution in [2.75, 3.05) is 13.2 Å². The summed E-state index contributed by atoms with van der Waals surface area (Å²) < 4.78 is 36.7. The van der Waals surface area contributed by atoms with Crippen molar-refractivity contribution in [2.24, 2.45) is 11.8 Å². The number of hydrogen-bond donors (Lipinski definition) is 2. The Hall–Kier alpha value is -0.950. The lowest BCUT2D eigenvalue weighted by molar-refractivity contribution is 0.0284. The smallest absolute Gasteiger partial charge is 0.270 e. The predicted molar refractivity (Wildman–Crippen MR) is 74.7 cm³/mol. The lowest BCUT2D eigenvalue weighted by atomic mass is 9.73. The molecule has 5 nitrogen and oxygen atoms in total. The third-order valence-corrected chi connectivity index (χ3v) is 5.12. The van der Waals surface area contributed by atoms with E-state index in [1.54, 1.807) is 0 Å². The van der Waals surface area contributed by atoms with Crippen molar-refractivity contribution in [3.8, 4) is 0 Å². The summed E-state index contributed by atoms with van der Waals surface area (Å²) in [6.45, 7) is 0.597. The molecular weight excluding hydrogens is 280 g/mol. The van der Waals surface area contributed by atoms with Crippen molar-refractivity contribution < 1.29 is 22.8 Å². The van der Waals surface area contributed by atoms with Gasteiger partial charge in [0.15, 0.2) is 0 Å². The number of aliphatic hydroxyl groups is 1. The number of hydrogen-bond acceptors (Lipinski definition) is 4. The van der Waals surface area contributed by atoms with E-state index in [2.05, 4.69) is 0 Å². The first-order valence-electron chi connectivity index (χ1n) is 6.69. The Morgan fingerprint density at radius 2 is 1.90 bits per heavy atom. The first-order valence-corrected chi connectivity index (χ1v) is 8.20. The Labute approximate surface area is 119 Å². The normalized spacial score (nSPS) is 24.1. The van der Waals surface area contributed by atoms with Crippen molar-refractivity contribution >= 4 is 10.1 Å². The van der Waals surface area contributed by atoms with Crippen LogP contribution in [0.2, 0.25) is 0 Å². The number of rotatable bonds is 7. The maximum Gasteiger partial charge on any atom is 0.270 e. The molecule has 0 saturated heterocycles. The minimum Gasteiger partial charge on any atom is -0.395 e. The van der Waals surface area contributed by atoms with Crippen LogP contribution in [0.4, 0.5) is 0 Å². The van der Waals surface area contributed by atoms with Crippen LogP contribution in [-0.2, 0) is 21.5 Å². The third kappa shape index (κ3) is 4.02. The quantitative estimate of drug-likeness (QED) is 0.745. The molecular formula is C14H20O5S. The first-order chi connectivity index (χ1) is 9.50. The van der Waals surface area contributed by atoms with E-state index < -0.39 is 22.0 Å². The van der Waals surface area contributed by atoms with Crippen LogP contribution in [0.3, 0.4) is 0 Å². The van der Waals surface area contributed by atoms with Crippen molar-refractivity contribution in [3.63, 3.8) is 0 Å². The summed E-state index contributed by atoms with van der Waals surface area (Å²) in [6, 6.07) is 9.84. The van der Waals surface area contributed by atoms with Gasteiger partial charge in [-0.25, -0.2) is 0 Å². The van der Waals surface area contributed by atoms with Crippen LogP contribution in [0, 0.1) is 11.8 Å². The van der Waals surface area contributed by atoms with Crippen LogP contribution in [0.15, 0.2) is 30.3 Å². The number of ether oxygens (including phenoxy) is 1. The monoisotopic (exact) mass is 300 g/mol. The number of aliphatic hydroxyl groups excluding tert-OH is 1. The molecule has 0 spiro atoms. The molecule has 0 bridgehead atoms. The second kappa shape index (κ2) is 6.67. The summed E-state index contributed by atoms with van der Waals surface area (Å²) in [6.07, 6.45) is 1.33. The van der Waals surface area contributed by atoms with E-state index in [0.717, 1.165) is 5.56 Å². The Morgan fingerprint density at radius 1 is 1.25 bits per heavy atom. The van der Waals surface area contributed by atoms with Crippen molar-refractivity contribution in [1.82, 2.24) is 0 Å². The molecule has 1 aromatic rings. The van der Waals surface area contributed by atoms with Crippen molar-refractivity contribution in [2.45, 2.75) is 24.7 Å². The molecule has 1 aliphatic carbocycles. The van der Waals surface area contributed by atoms with Crippen LogP contribution < -0.4 is 0 Å². The second-order valence-electron chi connectivity index (χ2n) is 5.33. The van der Waals surface area contributed by atoms with E-state index in [1.807, 2.05) is 30.3 Å². The Morgan fingerprint density at radius 3 is 2.45 bits per heavy atom. The highest BCUT2D eigenvalue weighted by molar-refractivity contribution is 7.86. The fraction of sp³-hybridized carbons (Fsp3) is 0.571. The maximum absolute atomic E-state index is 11.1. The third-order valence-electron chi connectivity index (χ3n) is 3.83. The average molecular weight is 300 g/mol. The molecule has 1 aromatic carbocycles. The second-order valence-corrected chi connectivity index (χ2v) is 6.97.